The van der Waals surface area contributed by atoms with E-state index in [1.54, 1.807) is 0 Å². The molecule has 0 aliphatic carbocycles. The standard InChI is InChI=1S/C54H118O12S11Si4/c1-15-51(39-49-80(61-23-9,62-24-10)63-25-11)53(37-45-71-76-74-69-43-33-47-78(55-17-3,56-18-4)57-19-5)35-29-31-41-67-73-68-42-32-30-36-54(52(16-2)40-50-81(64-26-12,65-27-13)66-28-14)38-46-72-77-75-70-44-34-48-79(58-20-6,59-21-7)60-22-8/h51-54H,15-50H2,1-14H3. The molecule has 0 spiro atoms. The van der Waals surface area contributed by atoms with Gasteiger partial charge in [0.05, 0.1) is 0 Å². The average molecular weight is 1420 g/mol. The first kappa shape index (κ1) is 85.2. The Balaban J connectivity index is 5.33. The molecule has 27 heteroatoms. The van der Waals surface area contributed by atoms with Gasteiger partial charge in [0.2, 0.25) is 0 Å². The summed E-state index contributed by atoms with van der Waals surface area (Å²) in [7, 11) is 11.2. The smallest absolute Gasteiger partial charge is 0.374 e. The second-order valence-corrected chi connectivity index (χ2v) is 46.8. The van der Waals surface area contributed by atoms with Gasteiger partial charge in [-0.3, -0.25) is 0 Å². The third kappa shape index (κ3) is 42.2. The van der Waals surface area contributed by atoms with E-state index in [2.05, 4.69) is 77.0 Å². The Bertz CT molecular complexity index is 1190. The lowest BCUT2D eigenvalue weighted by Gasteiger charge is -2.32. The van der Waals surface area contributed by atoms with Crippen LogP contribution in [-0.4, -0.2) is 149 Å². The first-order valence-electron chi connectivity index (χ1n) is 31.2. The third-order valence-corrected chi connectivity index (χ3v) is 43.5. The number of hydrogen-bond donors (Lipinski definition) is 0. The first-order valence-corrected chi connectivity index (χ1v) is 53.1. The molecule has 0 heterocycles. The van der Waals surface area contributed by atoms with Gasteiger partial charge in [0.1, 0.15) is 0 Å². The van der Waals surface area contributed by atoms with Gasteiger partial charge in [0.15, 0.2) is 0 Å². The van der Waals surface area contributed by atoms with E-state index in [4.69, 9.17) is 53.1 Å². The molecule has 0 aliphatic heterocycles. The van der Waals surface area contributed by atoms with Crippen molar-refractivity contribution in [2.45, 2.75) is 211 Å². The molecule has 0 saturated heterocycles. The minimum atomic E-state index is -2.69. The van der Waals surface area contributed by atoms with Crippen LogP contribution in [0, 0.1) is 23.7 Å². The minimum Gasteiger partial charge on any atom is -0.374 e. The third-order valence-electron chi connectivity index (χ3n) is 13.4. The summed E-state index contributed by atoms with van der Waals surface area (Å²) in [6.07, 6.45) is 16.8. The highest BCUT2D eigenvalue weighted by Gasteiger charge is 2.43. The lowest BCUT2D eigenvalue weighted by Crippen LogP contribution is -2.46. The molecule has 0 fully saturated rings. The normalized spacial score (nSPS) is 14.3. The largest absolute Gasteiger partial charge is 0.500 e. The van der Waals surface area contributed by atoms with Crippen LogP contribution in [0.25, 0.3) is 0 Å². The maximum absolute atomic E-state index is 6.31. The van der Waals surface area contributed by atoms with E-state index >= 15 is 0 Å². The van der Waals surface area contributed by atoms with Crippen LogP contribution in [0.5, 0.6) is 0 Å². The Hall–Kier alpha value is 4.24. The van der Waals surface area contributed by atoms with Crippen LogP contribution < -0.4 is 0 Å². The Morgan fingerprint density at radius 1 is 0.222 bits per heavy atom. The van der Waals surface area contributed by atoms with Crippen molar-refractivity contribution in [2.24, 2.45) is 23.7 Å². The predicted molar refractivity (Wildman–Crippen MR) is 384 cm³/mol. The zero-order chi connectivity index (χ0) is 60.0. The first-order chi connectivity index (χ1) is 39.5. The predicted octanol–water partition coefficient (Wildman–Crippen LogP) is 20.5. The minimum absolute atomic E-state index is 0.630. The van der Waals surface area contributed by atoms with Crippen LogP contribution in [-0.2, 0) is 53.1 Å². The highest BCUT2D eigenvalue weighted by molar-refractivity contribution is 9.26. The topological polar surface area (TPSA) is 111 Å². The highest BCUT2D eigenvalue weighted by atomic mass is 33.7. The Morgan fingerprint density at radius 3 is 0.716 bits per heavy atom. The van der Waals surface area contributed by atoms with Crippen LogP contribution in [0.2, 0.25) is 24.2 Å². The molecule has 488 valence electrons. The van der Waals surface area contributed by atoms with Gasteiger partial charge in [-0.2, -0.15) is 0 Å². The lowest BCUT2D eigenvalue weighted by atomic mass is 9.82. The zero-order valence-corrected chi connectivity index (χ0v) is 66.1. The van der Waals surface area contributed by atoms with Gasteiger partial charge in [0.25, 0.3) is 0 Å². The molecular formula is C54H118O12S11Si4. The van der Waals surface area contributed by atoms with E-state index in [9.17, 15) is 0 Å². The van der Waals surface area contributed by atoms with E-state index in [0.29, 0.717) is 103 Å². The zero-order valence-electron chi connectivity index (χ0n) is 53.2. The summed E-state index contributed by atoms with van der Waals surface area (Å²) >= 11 is 0. The molecule has 0 bridgehead atoms. The average Bonchev–Trinajstić information content (AvgIpc) is 3.44. The molecule has 0 aromatic carbocycles. The molecule has 0 aromatic heterocycles. The second-order valence-electron chi connectivity index (χ2n) is 18.9. The van der Waals surface area contributed by atoms with Crippen LogP contribution >= 0.6 is 114 Å². The monoisotopic (exact) mass is 1420 g/mol. The fraction of sp³-hybridized carbons (Fsp3) is 1.00. The number of unbranched alkanes of at least 4 members (excludes halogenated alkanes) is 2. The summed E-state index contributed by atoms with van der Waals surface area (Å²) < 4.78 is 74.3. The maximum Gasteiger partial charge on any atom is 0.500 e. The molecule has 81 heavy (non-hydrogen) atoms. The van der Waals surface area contributed by atoms with Gasteiger partial charge in [-0.15, -0.1) is 0 Å². The van der Waals surface area contributed by atoms with Gasteiger partial charge in [-0.1, -0.05) is 117 Å². The Labute approximate surface area is 545 Å². The van der Waals surface area contributed by atoms with E-state index in [1.165, 1.54) is 87.2 Å². The van der Waals surface area contributed by atoms with Crippen molar-refractivity contribution in [1.82, 2.24) is 0 Å². The molecule has 0 saturated carbocycles. The van der Waals surface area contributed by atoms with Gasteiger partial charge < -0.3 is 53.1 Å². The van der Waals surface area contributed by atoms with Gasteiger partial charge >= 0.3 is 35.2 Å². The molecule has 0 aromatic rings. The van der Waals surface area contributed by atoms with Crippen molar-refractivity contribution in [3.8, 4) is 0 Å². The van der Waals surface area contributed by atoms with Gasteiger partial charge in [-0.25, -0.2) is 0 Å². The quantitative estimate of drug-likeness (QED) is 0.0327. The Morgan fingerprint density at radius 2 is 0.457 bits per heavy atom. The van der Waals surface area contributed by atoms with Crippen molar-refractivity contribution in [1.29, 1.82) is 0 Å². The lowest BCUT2D eigenvalue weighted by molar-refractivity contribution is 0.0675. The van der Waals surface area contributed by atoms with E-state index in [-0.39, 0.29) is 0 Å². The molecule has 0 rings (SSSR count). The summed E-state index contributed by atoms with van der Waals surface area (Å²) in [5.41, 5.74) is 0. The number of rotatable bonds is 66. The second kappa shape index (κ2) is 59.3. The molecule has 0 amide bonds. The van der Waals surface area contributed by atoms with Gasteiger partial charge in [-0.05, 0) is 207 Å². The van der Waals surface area contributed by atoms with E-state index < -0.39 is 35.2 Å². The summed E-state index contributed by atoms with van der Waals surface area (Å²) in [5.74, 6) is 9.52. The summed E-state index contributed by atoms with van der Waals surface area (Å²) in [6.45, 7) is 36.9. The van der Waals surface area contributed by atoms with Crippen molar-refractivity contribution in [3.05, 3.63) is 0 Å². The molecule has 0 N–H and O–H groups in total. The fourth-order valence-electron chi connectivity index (χ4n) is 10.1. The molecule has 12 nitrogen and oxygen atoms in total. The van der Waals surface area contributed by atoms with E-state index in [1.807, 2.05) is 134 Å². The fourth-order valence-corrected chi connectivity index (χ4v) is 37.7. The van der Waals surface area contributed by atoms with Crippen LogP contribution in [0.1, 0.15) is 187 Å². The van der Waals surface area contributed by atoms with Crippen molar-refractivity contribution < 1.29 is 53.1 Å². The SMILES string of the molecule is CCO[Si](CCCSSSSCCC(CCCCSSSCCCCC(CCSSSSCCC[Si](OCC)(OCC)OCC)C(CC)CC[Si](OCC)(OCC)OCC)C(CC)CC[Si](OCC)(OCC)OCC)(OCC)OCC. The van der Waals surface area contributed by atoms with Gasteiger partial charge in [0, 0.05) is 138 Å². The van der Waals surface area contributed by atoms with Crippen molar-refractivity contribution in [3.63, 3.8) is 0 Å². The highest BCUT2D eigenvalue weighted by Crippen LogP contribution is 2.46. The summed E-state index contributed by atoms with van der Waals surface area (Å²) in [6, 6.07) is 3.55. The van der Waals surface area contributed by atoms with E-state index in [0.717, 1.165) is 61.4 Å². The molecule has 0 radical (unpaired) electrons. The number of hydrogen-bond acceptors (Lipinski definition) is 23. The van der Waals surface area contributed by atoms with Crippen LogP contribution in [0.3, 0.4) is 0 Å². The molecule has 4 atom stereocenters. The molecule has 0 aliphatic rings. The summed E-state index contributed by atoms with van der Waals surface area (Å²) in [4.78, 5) is 0. The van der Waals surface area contributed by atoms with Crippen LogP contribution in [0.4, 0.5) is 0 Å². The molecule has 4 unspecified atom stereocenters. The Kier molecular flexibility index (Phi) is 62.4. The maximum atomic E-state index is 6.31. The molecular weight excluding hydrogens is 1310 g/mol. The van der Waals surface area contributed by atoms with Crippen molar-refractivity contribution in [2.75, 3.05) is 114 Å². The van der Waals surface area contributed by atoms with Crippen LogP contribution in [0.15, 0.2) is 0 Å². The van der Waals surface area contributed by atoms with Crippen molar-refractivity contribution >= 4 is 149 Å². The summed E-state index contributed by atoms with van der Waals surface area (Å²) in [5, 5.41) is 0.